The Bertz CT molecular complexity index is 1410. The number of nitrogens with one attached hydrogen (secondary N) is 2. The predicted octanol–water partition coefficient (Wildman–Crippen LogP) is 3.80. The number of benzene rings is 2. The van der Waals surface area contributed by atoms with E-state index in [1.54, 1.807) is 18.0 Å². The van der Waals surface area contributed by atoms with Crippen LogP contribution in [-0.2, 0) is 15.9 Å². The maximum atomic E-state index is 10.9. The fourth-order valence-corrected chi connectivity index (χ4v) is 6.34. The molecule has 0 radical (unpaired) electrons. The van der Waals surface area contributed by atoms with E-state index in [0.717, 1.165) is 6.54 Å². The average Bonchev–Trinajstić information content (AvgIpc) is 3.59. The molecule has 1 aliphatic carbocycles. The van der Waals surface area contributed by atoms with Gasteiger partial charge in [-0.3, -0.25) is 4.57 Å². The van der Waals surface area contributed by atoms with Crippen LogP contribution in [0.25, 0.3) is 11.2 Å². The normalized spacial score (nSPS) is 22.9. The molecule has 4 N–H and O–H groups in total. The van der Waals surface area contributed by atoms with Crippen LogP contribution in [-0.4, -0.2) is 80.9 Å². The van der Waals surface area contributed by atoms with Crippen LogP contribution in [0.4, 0.5) is 5.82 Å². The molecule has 2 aromatic carbocycles. The Morgan fingerprint density at radius 2 is 1.65 bits per heavy atom. The molecule has 2 fully saturated rings. The number of ether oxygens (including phenoxy) is 2. The predicted molar refractivity (Wildman–Crippen MR) is 165 cm³/mol. The van der Waals surface area contributed by atoms with Crippen LogP contribution in [0.1, 0.15) is 61.2 Å². The third-order valence-electron chi connectivity index (χ3n) is 8.67. The van der Waals surface area contributed by atoms with Crippen LogP contribution >= 0.6 is 0 Å². The molecule has 4 atom stereocenters. The number of hydrogen-bond acceptors (Lipinski definition) is 9. The molecule has 10 nitrogen and oxygen atoms in total. The van der Waals surface area contributed by atoms with Gasteiger partial charge in [0.15, 0.2) is 23.2 Å². The minimum absolute atomic E-state index is 0.0934. The molecule has 1 saturated heterocycles. The topological polar surface area (TPSA) is 127 Å². The molecule has 6 rings (SSSR count). The average molecular weight is 587 g/mol. The van der Waals surface area contributed by atoms with Crippen molar-refractivity contribution in [3.05, 3.63) is 83.9 Å². The van der Waals surface area contributed by atoms with Crippen LogP contribution in [0.2, 0.25) is 0 Å². The SMILES string of the molecule is COC[C@H]1O[C@@H](n2cnc3c(NCC(c4ccccc4)c4ccccc4)nc(CCNC4CCCCC4)nc32)[C@H](O)[C@H]1O. The van der Waals surface area contributed by atoms with Crippen molar-refractivity contribution in [1.82, 2.24) is 24.8 Å². The standard InChI is InChI=1S/C33H42N6O4/c1-42-20-26-29(40)30(41)33(43-26)39-21-36-28-31(37-27(38-32(28)39)17-18-34-24-15-9-4-10-16-24)35-19-25(22-11-5-2-6-12-22)23-13-7-3-8-14-23/h2-3,5-8,11-14,21,24-26,29-30,33-34,40-41H,4,9-10,15-20H2,1H3,(H,35,37,38)/t26-,29+,30-,33-/m1/s1. The Morgan fingerprint density at radius 3 is 2.33 bits per heavy atom. The number of fused-ring (bicyclic) bond motifs is 1. The molecule has 2 aliphatic rings. The summed E-state index contributed by atoms with van der Waals surface area (Å²) in [5.74, 6) is 1.41. The number of aliphatic hydroxyl groups excluding tert-OH is 2. The second-order valence-corrected chi connectivity index (χ2v) is 11.6. The summed E-state index contributed by atoms with van der Waals surface area (Å²) in [6, 6.07) is 21.4. The van der Waals surface area contributed by atoms with E-state index in [1.807, 2.05) is 12.1 Å². The monoisotopic (exact) mass is 586 g/mol. The Balaban J connectivity index is 1.30. The summed E-state index contributed by atoms with van der Waals surface area (Å²) < 4.78 is 12.9. The second kappa shape index (κ2) is 13.9. The minimum atomic E-state index is -1.15. The maximum absolute atomic E-state index is 10.9. The van der Waals surface area contributed by atoms with E-state index >= 15 is 0 Å². The highest BCUT2D eigenvalue weighted by molar-refractivity contribution is 5.83. The lowest BCUT2D eigenvalue weighted by atomic mass is 9.91. The fourth-order valence-electron chi connectivity index (χ4n) is 6.34. The van der Waals surface area contributed by atoms with Crippen molar-refractivity contribution in [2.75, 3.05) is 32.1 Å². The van der Waals surface area contributed by atoms with Gasteiger partial charge in [0.05, 0.1) is 12.9 Å². The summed E-state index contributed by atoms with van der Waals surface area (Å²) in [6.45, 7) is 1.54. The summed E-state index contributed by atoms with van der Waals surface area (Å²) in [5, 5.41) is 28.8. The van der Waals surface area contributed by atoms with E-state index in [9.17, 15) is 10.2 Å². The number of hydrogen-bond donors (Lipinski definition) is 4. The molecule has 0 spiro atoms. The first-order valence-corrected chi connectivity index (χ1v) is 15.4. The molecule has 0 amide bonds. The number of aromatic nitrogens is 4. The van der Waals surface area contributed by atoms with E-state index in [-0.39, 0.29) is 12.5 Å². The largest absolute Gasteiger partial charge is 0.387 e. The van der Waals surface area contributed by atoms with Gasteiger partial charge in [-0.1, -0.05) is 79.9 Å². The number of nitrogens with zero attached hydrogens (tertiary/aromatic N) is 4. The lowest BCUT2D eigenvalue weighted by molar-refractivity contribution is -0.0580. The maximum Gasteiger partial charge on any atom is 0.167 e. The van der Waals surface area contributed by atoms with Gasteiger partial charge in [0.25, 0.3) is 0 Å². The zero-order valence-electron chi connectivity index (χ0n) is 24.7. The molecule has 3 heterocycles. The highest BCUT2D eigenvalue weighted by Gasteiger charge is 2.44. The first kappa shape index (κ1) is 29.7. The first-order valence-electron chi connectivity index (χ1n) is 15.4. The van der Waals surface area contributed by atoms with Crippen molar-refractivity contribution >= 4 is 17.0 Å². The molecule has 0 unspecified atom stereocenters. The van der Waals surface area contributed by atoms with Gasteiger partial charge < -0.3 is 30.3 Å². The molecule has 228 valence electrons. The van der Waals surface area contributed by atoms with Gasteiger partial charge >= 0.3 is 0 Å². The van der Waals surface area contributed by atoms with Crippen LogP contribution in [0.5, 0.6) is 0 Å². The van der Waals surface area contributed by atoms with Crippen molar-refractivity contribution in [3.63, 3.8) is 0 Å². The van der Waals surface area contributed by atoms with Crippen molar-refractivity contribution in [2.45, 2.75) is 75.0 Å². The van der Waals surface area contributed by atoms with Crippen LogP contribution in [0, 0.1) is 0 Å². The number of aliphatic hydroxyl groups is 2. The highest BCUT2D eigenvalue weighted by Crippen LogP contribution is 2.33. The van der Waals surface area contributed by atoms with Crippen LogP contribution < -0.4 is 10.6 Å². The van der Waals surface area contributed by atoms with Crippen LogP contribution in [0.15, 0.2) is 67.0 Å². The van der Waals surface area contributed by atoms with Crippen molar-refractivity contribution in [2.24, 2.45) is 0 Å². The van der Waals surface area contributed by atoms with Crippen molar-refractivity contribution < 1.29 is 19.7 Å². The molecule has 2 aromatic heterocycles. The zero-order chi connectivity index (χ0) is 29.6. The van der Waals surface area contributed by atoms with Gasteiger partial charge in [0.2, 0.25) is 0 Å². The first-order chi connectivity index (χ1) is 21.1. The lowest BCUT2D eigenvalue weighted by Crippen LogP contribution is -2.33. The molecule has 1 saturated carbocycles. The third kappa shape index (κ3) is 6.73. The molecule has 1 aliphatic heterocycles. The van der Waals surface area contributed by atoms with E-state index in [4.69, 9.17) is 19.4 Å². The van der Waals surface area contributed by atoms with Gasteiger partial charge in [-0.25, -0.2) is 15.0 Å². The van der Waals surface area contributed by atoms with Gasteiger partial charge in [-0.2, -0.15) is 0 Å². The van der Waals surface area contributed by atoms with Gasteiger partial charge in [-0.15, -0.1) is 0 Å². The number of rotatable bonds is 12. The Labute approximate surface area is 252 Å². The molecule has 0 bridgehead atoms. The molecule has 4 aromatic rings. The third-order valence-corrected chi connectivity index (χ3v) is 8.67. The minimum Gasteiger partial charge on any atom is -0.387 e. The zero-order valence-corrected chi connectivity index (χ0v) is 24.7. The Morgan fingerprint density at radius 1 is 0.953 bits per heavy atom. The molecular weight excluding hydrogens is 544 g/mol. The summed E-state index contributed by atoms with van der Waals surface area (Å²) in [4.78, 5) is 14.5. The molecular formula is C33H42N6O4. The quantitative estimate of drug-likeness (QED) is 0.196. The smallest absolute Gasteiger partial charge is 0.167 e. The molecule has 43 heavy (non-hydrogen) atoms. The van der Waals surface area contributed by atoms with E-state index in [0.29, 0.717) is 41.8 Å². The van der Waals surface area contributed by atoms with Gasteiger partial charge in [0, 0.05) is 38.6 Å². The van der Waals surface area contributed by atoms with Crippen LogP contribution in [0.3, 0.4) is 0 Å². The summed E-state index contributed by atoms with van der Waals surface area (Å²) in [5.41, 5.74) is 3.55. The van der Waals surface area contributed by atoms with Crippen molar-refractivity contribution in [3.8, 4) is 0 Å². The fraction of sp³-hybridized carbons (Fsp3) is 0.485. The summed E-state index contributed by atoms with van der Waals surface area (Å²) in [7, 11) is 1.54. The van der Waals surface area contributed by atoms with E-state index < -0.39 is 24.5 Å². The van der Waals surface area contributed by atoms with Crippen molar-refractivity contribution in [1.29, 1.82) is 0 Å². The summed E-state index contributed by atoms with van der Waals surface area (Å²) >= 11 is 0. The highest BCUT2D eigenvalue weighted by atomic mass is 16.6. The summed E-state index contributed by atoms with van der Waals surface area (Å²) in [6.07, 6.45) is 4.80. The lowest BCUT2D eigenvalue weighted by Gasteiger charge is -2.23. The van der Waals surface area contributed by atoms with E-state index in [1.165, 1.54) is 43.2 Å². The van der Waals surface area contributed by atoms with Gasteiger partial charge in [-0.05, 0) is 24.0 Å². The molecule has 10 heteroatoms. The number of anilines is 1. The van der Waals surface area contributed by atoms with Gasteiger partial charge in [0.1, 0.15) is 24.1 Å². The number of methoxy groups -OCH3 is 1. The number of imidazole rings is 1. The second-order valence-electron chi connectivity index (χ2n) is 11.6. The van der Waals surface area contributed by atoms with E-state index in [2.05, 4.69) is 64.1 Å². The Kier molecular flexibility index (Phi) is 9.60. The Hall–Kier alpha value is -3.41.